The molecule has 4 amide bonds. The lowest BCUT2D eigenvalue weighted by Gasteiger charge is -2.27. The largest absolute Gasteiger partial charge is 0.391 e. The van der Waals surface area contributed by atoms with E-state index in [9.17, 15) is 24.3 Å². The molecule has 4 N–H and O–H groups in total. The van der Waals surface area contributed by atoms with Crippen LogP contribution in [0, 0.1) is 6.92 Å². The average molecular weight is 433 g/mol. The quantitative estimate of drug-likeness (QED) is 0.492. The fourth-order valence-corrected chi connectivity index (χ4v) is 3.46. The third-order valence-corrected chi connectivity index (χ3v) is 5.27. The van der Waals surface area contributed by atoms with Crippen LogP contribution in [0.4, 0.5) is 0 Å². The lowest BCUT2D eigenvalue weighted by Crippen LogP contribution is -2.56. The minimum absolute atomic E-state index is 0.110. The Bertz CT molecular complexity index is 839. The Kier molecular flexibility index (Phi) is 8.56. The van der Waals surface area contributed by atoms with E-state index in [1.165, 1.54) is 18.7 Å². The first-order chi connectivity index (χ1) is 14.6. The summed E-state index contributed by atoms with van der Waals surface area (Å²) < 4.78 is 0. The van der Waals surface area contributed by atoms with E-state index in [2.05, 4.69) is 16.0 Å². The number of aliphatic hydroxyl groups is 1. The van der Waals surface area contributed by atoms with Crippen LogP contribution in [0.25, 0.3) is 0 Å². The fourth-order valence-electron chi connectivity index (χ4n) is 3.46. The SMILES string of the molecule is CC(=O)N1CC(=O)NCCCc2cc(ccc2C)C(=O)N[C@@H]([C@@H](C)O)C(=O)N[C@H](C)C1. The highest BCUT2D eigenvalue weighted by atomic mass is 16.3. The molecule has 0 fully saturated rings. The van der Waals surface area contributed by atoms with Crippen molar-refractivity contribution in [2.75, 3.05) is 19.6 Å². The highest BCUT2D eigenvalue weighted by Crippen LogP contribution is 2.14. The molecule has 31 heavy (non-hydrogen) atoms. The van der Waals surface area contributed by atoms with Gasteiger partial charge in [0.1, 0.15) is 6.04 Å². The maximum atomic E-state index is 12.8. The van der Waals surface area contributed by atoms with Gasteiger partial charge in [0, 0.05) is 31.6 Å². The second-order valence-corrected chi connectivity index (χ2v) is 8.10. The van der Waals surface area contributed by atoms with Crippen molar-refractivity contribution in [1.29, 1.82) is 0 Å². The summed E-state index contributed by atoms with van der Waals surface area (Å²) in [4.78, 5) is 51.0. The first kappa shape index (κ1) is 24.3. The van der Waals surface area contributed by atoms with Crippen molar-refractivity contribution in [3.63, 3.8) is 0 Å². The Hall–Kier alpha value is -2.94. The molecular formula is C22H32N4O5. The van der Waals surface area contributed by atoms with Crippen LogP contribution in [0.2, 0.25) is 0 Å². The first-order valence-electron chi connectivity index (χ1n) is 10.5. The predicted molar refractivity (Wildman–Crippen MR) is 115 cm³/mol. The van der Waals surface area contributed by atoms with Crippen LogP contribution >= 0.6 is 0 Å². The number of rotatable bonds is 1. The molecule has 170 valence electrons. The smallest absolute Gasteiger partial charge is 0.252 e. The minimum atomic E-state index is -1.16. The van der Waals surface area contributed by atoms with Crippen molar-refractivity contribution < 1.29 is 24.3 Å². The Balaban J connectivity index is 2.31. The molecule has 1 aromatic rings. The number of carbonyl (C=O) groups is 4. The molecule has 1 aliphatic heterocycles. The summed E-state index contributed by atoms with van der Waals surface area (Å²) >= 11 is 0. The van der Waals surface area contributed by atoms with E-state index in [0.29, 0.717) is 24.9 Å². The number of nitrogens with one attached hydrogen (secondary N) is 3. The molecule has 1 aromatic carbocycles. The number of carbonyl (C=O) groups excluding carboxylic acids is 4. The predicted octanol–water partition coefficient (Wildman–Crippen LogP) is -0.110. The van der Waals surface area contributed by atoms with Crippen LogP contribution in [0.15, 0.2) is 18.2 Å². The van der Waals surface area contributed by atoms with E-state index < -0.39 is 30.0 Å². The van der Waals surface area contributed by atoms with Gasteiger partial charge in [0.15, 0.2) is 0 Å². The number of benzene rings is 1. The van der Waals surface area contributed by atoms with Gasteiger partial charge in [-0.15, -0.1) is 0 Å². The van der Waals surface area contributed by atoms with Gasteiger partial charge in [-0.3, -0.25) is 19.2 Å². The zero-order valence-electron chi connectivity index (χ0n) is 18.5. The molecule has 0 radical (unpaired) electrons. The van der Waals surface area contributed by atoms with E-state index in [1.54, 1.807) is 19.1 Å². The lowest BCUT2D eigenvalue weighted by molar-refractivity contribution is -0.135. The maximum absolute atomic E-state index is 12.8. The highest BCUT2D eigenvalue weighted by Gasteiger charge is 2.28. The molecule has 1 aliphatic rings. The number of hydrogen-bond acceptors (Lipinski definition) is 5. The topological polar surface area (TPSA) is 128 Å². The van der Waals surface area contributed by atoms with Crippen LogP contribution < -0.4 is 16.0 Å². The summed E-state index contributed by atoms with van der Waals surface area (Å²) in [6.07, 6.45) is 0.198. The molecule has 0 aromatic heterocycles. The van der Waals surface area contributed by atoms with E-state index >= 15 is 0 Å². The number of fused-ring (bicyclic) bond motifs is 2. The van der Waals surface area contributed by atoms with Crippen LogP contribution in [0.3, 0.4) is 0 Å². The third kappa shape index (κ3) is 7.06. The van der Waals surface area contributed by atoms with Gasteiger partial charge < -0.3 is 26.0 Å². The normalized spacial score (nSPS) is 22.6. The number of aryl methyl sites for hydroxylation is 2. The molecule has 0 saturated carbocycles. The Morgan fingerprint density at radius 1 is 1.23 bits per heavy atom. The van der Waals surface area contributed by atoms with Gasteiger partial charge in [0.05, 0.1) is 12.6 Å². The molecule has 0 saturated heterocycles. The van der Waals surface area contributed by atoms with Gasteiger partial charge in [-0.05, 0) is 56.9 Å². The standard InChI is InChI=1S/C22H32N4O5/c1-13-7-8-18-10-17(13)6-5-9-23-19(29)12-26(16(4)28)11-14(2)24-22(31)20(15(3)27)25-21(18)30/h7-8,10,14-15,20,27H,5-6,9,11-12H2,1-4H3,(H,23,29)(H,24,31)(H,25,30)/t14-,15-,20+/m1/s1. The van der Waals surface area contributed by atoms with Crippen molar-refractivity contribution >= 4 is 23.6 Å². The van der Waals surface area contributed by atoms with E-state index in [1.807, 2.05) is 13.0 Å². The average Bonchev–Trinajstić information content (AvgIpc) is 2.68. The molecular weight excluding hydrogens is 400 g/mol. The lowest BCUT2D eigenvalue weighted by atomic mass is 10.00. The van der Waals surface area contributed by atoms with E-state index in [-0.39, 0.29) is 24.9 Å². The Morgan fingerprint density at radius 2 is 1.94 bits per heavy atom. The molecule has 9 heteroatoms. The molecule has 0 aliphatic carbocycles. The number of amides is 4. The van der Waals surface area contributed by atoms with Gasteiger partial charge in [-0.2, -0.15) is 0 Å². The first-order valence-corrected chi connectivity index (χ1v) is 10.5. The van der Waals surface area contributed by atoms with Crippen LogP contribution in [0.1, 0.15) is 48.7 Å². The van der Waals surface area contributed by atoms with Crippen molar-refractivity contribution in [3.05, 3.63) is 34.9 Å². The molecule has 2 bridgehead atoms. The Morgan fingerprint density at radius 3 is 2.58 bits per heavy atom. The summed E-state index contributed by atoms with van der Waals surface area (Å²) in [6, 6.07) is 3.62. The fraction of sp³-hybridized carbons (Fsp3) is 0.545. The molecule has 3 atom stereocenters. The molecule has 0 spiro atoms. The number of nitrogens with zero attached hydrogens (tertiary/aromatic N) is 1. The van der Waals surface area contributed by atoms with E-state index in [4.69, 9.17) is 0 Å². The Labute approximate surface area is 182 Å². The maximum Gasteiger partial charge on any atom is 0.252 e. The van der Waals surface area contributed by atoms with Crippen molar-refractivity contribution in [2.45, 2.75) is 58.7 Å². The molecule has 9 nitrogen and oxygen atoms in total. The van der Waals surface area contributed by atoms with Gasteiger partial charge in [-0.25, -0.2) is 0 Å². The van der Waals surface area contributed by atoms with Gasteiger partial charge in [-0.1, -0.05) is 6.07 Å². The second-order valence-electron chi connectivity index (χ2n) is 8.10. The van der Waals surface area contributed by atoms with Gasteiger partial charge in [0.2, 0.25) is 17.7 Å². The summed E-state index contributed by atoms with van der Waals surface area (Å²) in [5, 5.41) is 18.2. The van der Waals surface area contributed by atoms with Crippen molar-refractivity contribution in [3.8, 4) is 0 Å². The van der Waals surface area contributed by atoms with Gasteiger partial charge >= 0.3 is 0 Å². The van der Waals surface area contributed by atoms with Gasteiger partial charge in [0.25, 0.3) is 5.91 Å². The molecule has 1 heterocycles. The van der Waals surface area contributed by atoms with E-state index in [0.717, 1.165) is 11.1 Å². The summed E-state index contributed by atoms with van der Waals surface area (Å²) in [5.41, 5.74) is 2.37. The summed E-state index contributed by atoms with van der Waals surface area (Å²) in [7, 11) is 0. The molecule has 0 unspecified atom stereocenters. The van der Waals surface area contributed by atoms with Crippen molar-refractivity contribution in [2.24, 2.45) is 0 Å². The third-order valence-electron chi connectivity index (χ3n) is 5.27. The zero-order chi connectivity index (χ0) is 23.1. The van der Waals surface area contributed by atoms with Crippen molar-refractivity contribution in [1.82, 2.24) is 20.9 Å². The van der Waals surface area contributed by atoms with Crippen LogP contribution in [-0.2, 0) is 20.8 Å². The minimum Gasteiger partial charge on any atom is -0.391 e. The monoisotopic (exact) mass is 432 g/mol. The van der Waals surface area contributed by atoms with Crippen LogP contribution in [0.5, 0.6) is 0 Å². The summed E-state index contributed by atoms with van der Waals surface area (Å²) in [6.45, 7) is 6.86. The molecule has 2 rings (SSSR count). The highest BCUT2D eigenvalue weighted by molar-refractivity contribution is 5.98. The number of aliphatic hydroxyl groups excluding tert-OH is 1. The zero-order valence-corrected chi connectivity index (χ0v) is 18.5. The number of hydrogen-bond donors (Lipinski definition) is 4. The summed E-state index contributed by atoms with van der Waals surface area (Å²) in [5.74, 6) is -1.60. The van der Waals surface area contributed by atoms with Crippen LogP contribution in [-0.4, -0.2) is 71.5 Å². The second kappa shape index (κ2) is 10.9.